The van der Waals surface area contributed by atoms with Crippen molar-refractivity contribution < 1.29 is 4.92 Å². The molecular formula is C10H6Cl2N4O2S2. The molecule has 1 aromatic heterocycles. The largest absolute Gasteiger partial charge is 0.345 e. The van der Waals surface area contributed by atoms with E-state index in [0.29, 0.717) is 20.9 Å². The Hall–Kier alpha value is -1.48. The van der Waals surface area contributed by atoms with Crippen LogP contribution >= 0.6 is 46.8 Å². The summed E-state index contributed by atoms with van der Waals surface area (Å²) in [5.41, 5.74) is 0.569. The van der Waals surface area contributed by atoms with E-state index < -0.39 is 4.92 Å². The molecule has 0 radical (unpaired) electrons. The van der Waals surface area contributed by atoms with Crippen molar-refractivity contribution in [3.05, 3.63) is 44.6 Å². The monoisotopic (exact) mass is 348 g/mol. The second-order valence-electron chi connectivity index (χ2n) is 3.46. The van der Waals surface area contributed by atoms with Crippen LogP contribution in [-0.4, -0.2) is 15.0 Å². The molecule has 0 aliphatic heterocycles. The Labute approximate surface area is 132 Å². The van der Waals surface area contributed by atoms with Gasteiger partial charge in [-0.1, -0.05) is 23.2 Å². The zero-order chi connectivity index (χ0) is 14.7. The van der Waals surface area contributed by atoms with E-state index >= 15 is 0 Å². The molecule has 1 aromatic carbocycles. The van der Waals surface area contributed by atoms with E-state index in [1.807, 2.05) is 0 Å². The van der Waals surface area contributed by atoms with E-state index in [1.54, 1.807) is 18.2 Å². The van der Waals surface area contributed by atoms with Crippen molar-refractivity contribution in [2.24, 2.45) is 0 Å². The second kappa shape index (κ2) is 6.31. The van der Waals surface area contributed by atoms with Gasteiger partial charge in [-0.25, -0.2) is 4.98 Å². The Kier molecular flexibility index (Phi) is 4.71. The molecule has 0 fully saturated rings. The van der Waals surface area contributed by atoms with Gasteiger partial charge in [-0.3, -0.25) is 10.1 Å². The van der Waals surface area contributed by atoms with E-state index in [0.717, 1.165) is 17.5 Å². The predicted molar refractivity (Wildman–Crippen MR) is 85.1 cm³/mol. The molecule has 0 aliphatic carbocycles. The highest BCUT2D eigenvalue weighted by Gasteiger charge is 2.12. The van der Waals surface area contributed by atoms with E-state index in [1.165, 1.54) is 0 Å². The van der Waals surface area contributed by atoms with Crippen LogP contribution in [-0.2, 0) is 0 Å². The van der Waals surface area contributed by atoms with Gasteiger partial charge in [-0.15, -0.1) is 0 Å². The van der Waals surface area contributed by atoms with Crippen LogP contribution in [0.3, 0.4) is 0 Å². The van der Waals surface area contributed by atoms with Crippen LogP contribution in [0.2, 0.25) is 10.0 Å². The van der Waals surface area contributed by atoms with Crippen LogP contribution in [0.25, 0.3) is 0 Å². The zero-order valence-electron chi connectivity index (χ0n) is 9.59. The summed E-state index contributed by atoms with van der Waals surface area (Å²) >= 11 is 17.7. The fraction of sp³-hybridized carbons (Fsp3) is 0. The van der Waals surface area contributed by atoms with Crippen LogP contribution in [0.5, 0.6) is 0 Å². The quantitative estimate of drug-likeness (QED) is 0.492. The summed E-state index contributed by atoms with van der Waals surface area (Å²) in [4.78, 5) is 13.9. The first kappa shape index (κ1) is 14.9. The molecule has 1 heterocycles. The molecule has 0 aliphatic rings. The van der Waals surface area contributed by atoms with Gasteiger partial charge in [0.25, 0.3) is 0 Å². The molecule has 0 saturated carbocycles. The lowest BCUT2D eigenvalue weighted by atomic mass is 10.3. The van der Waals surface area contributed by atoms with Gasteiger partial charge < -0.3 is 10.6 Å². The molecular weight excluding hydrogens is 343 g/mol. The van der Waals surface area contributed by atoms with Crippen molar-refractivity contribution in [2.75, 3.05) is 10.6 Å². The fourth-order valence-corrected chi connectivity index (χ4v) is 2.61. The van der Waals surface area contributed by atoms with Gasteiger partial charge in [0.2, 0.25) is 0 Å². The molecule has 0 bridgehead atoms. The molecule has 10 heteroatoms. The van der Waals surface area contributed by atoms with Gasteiger partial charge in [0, 0.05) is 5.02 Å². The molecule has 0 unspecified atom stereocenters. The maximum Gasteiger partial charge on any atom is 0.345 e. The second-order valence-corrected chi connectivity index (χ2v) is 5.73. The highest BCUT2D eigenvalue weighted by Crippen LogP contribution is 2.27. The lowest BCUT2D eigenvalue weighted by Gasteiger charge is -2.09. The fourth-order valence-electron chi connectivity index (χ4n) is 1.25. The summed E-state index contributed by atoms with van der Waals surface area (Å²) in [7, 11) is 0. The van der Waals surface area contributed by atoms with E-state index in [2.05, 4.69) is 15.6 Å². The molecule has 0 saturated heterocycles. The molecule has 104 valence electrons. The molecule has 20 heavy (non-hydrogen) atoms. The third kappa shape index (κ3) is 3.76. The van der Waals surface area contributed by atoms with Crippen LogP contribution in [0.15, 0.2) is 24.4 Å². The molecule has 2 aromatic rings. The first-order valence-corrected chi connectivity index (χ1v) is 7.07. The van der Waals surface area contributed by atoms with E-state index in [-0.39, 0.29) is 10.1 Å². The van der Waals surface area contributed by atoms with Crippen molar-refractivity contribution in [3.8, 4) is 0 Å². The normalized spacial score (nSPS) is 10.1. The number of benzene rings is 1. The Morgan fingerprint density at radius 2 is 2.15 bits per heavy atom. The number of anilines is 2. The number of nitrogens with zero attached hydrogens (tertiary/aromatic N) is 2. The summed E-state index contributed by atoms with van der Waals surface area (Å²) in [6.07, 6.45) is 1.16. The van der Waals surface area contributed by atoms with Gasteiger partial charge in [0.15, 0.2) is 10.2 Å². The van der Waals surface area contributed by atoms with Crippen molar-refractivity contribution in [2.45, 2.75) is 0 Å². The van der Waals surface area contributed by atoms with Crippen molar-refractivity contribution in [1.82, 2.24) is 4.98 Å². The number of rotatable bonds is 3. The number of thiazole rings is 1. The minimum Gasteiger partial charge on any atom is -0.331 e. The molecule has 0 amide bonds. The average molecular weight is 349 g/mol. The number of aromatic nitrogens is 1. The zero-order valence-corrected chi connectivity index (χ0v) is 12.7. The van der Waals surface area contributed by atoms with Crippen molar-refractivity contribution in [3.63, 3.8) is 0 Å². The van der Waals surface area contributed by atoms with Gasteiger partial charge >= 0.3 is 5.00 Å². The first-order valence-electron chi connectivity index (χ1n) is 5.09. The lowest BCUT2D eigenvalue weighted by Crippen LogP contribution is -2.19. The highest BCUT2D eigenvalue weighted by atomic mass is 35.5. The third-order valence-electron chi connectivity index (χ3n) is 2.07. The number of hydrogen-bond donors (Lipinski definition) is 2. The molecule has 6 nitrogen and oxygen atoms in total. The van der Waals surface area contributed by atoms with Crippen LogP contribution < -0.4 is 10.6 Å². The van der Waals surface area contributed by atoms with Crippen LogP contribution in [0.1, 0.15) is 0 Å². The Morgan fingerprint density at radius 3 is 2.75 bits per heavy atom. The first-order chi connectivity index (χ1) is 9.45. The summed E-state index contributed by atoms with van der Waals surface area (Å²) in [6.45, 7) is 0. The smallest absolute Gasteiger partial charge is 0.331 e. The Balaban J connectivity index is 2.03. The Morgan fingerprint density at radius 1 is 1.40 bits per heavy atom. The highest BCUT2D eigenvalue weighted by molar-refractivity contribution is 7.80. The third-order valence-corrected chi connectivity index (χ3v) is 3.69. The van der Waals surface area contributed by atoms with Crippen molar-refractivity contribution in [1.29, 1.82) is 0 Å². The maximum absolute atomic E-state index is 10.5. The maximum atomic E-state index is 10.5. The number of nitrogens with one attached hydrogen (secondary N) is 2. The van der Waals surface area contributed by atoms with Gasteiger partial charge in [0.05, 0.1) is 15.6 Å². The molecule has 2 rings (SSSR count). The number of nitro groups is 1. The van der Waals surface area contributed by atoms with Gasteiger partial charge in [-0.2, -0.15) is 0 Å². The number of thiocarbonyl (C=S) groups is 1. The van der Waals surface area contributed by atoms with Gasteiger partial charge in [0.1, 0.15) is 6.20 Å². The van der Waals surface area contributed by atoms with E-state index in [9.17, 15) is 10.1 Å². The van der Waals surface area contributed by atoms with E-state index in [4.69, 9.17) is 35.4 Å². The number of hydrogen-bond acceptors (Lipinski definition) is 5. The summed E-state index contributed by atoms with van der Waals surface area (Å²) in [5.74, 6) is 0. The van der Waals surface area contributed by atoms with Crippen LogP contribution in [0, 0.1) is 10.1 Å². The minimum atomic E-state index is -0.518. The van der Waals surface area contributed by atoms with Gasteiger partial charge in [-0.05, 0) is 41.8 Å². The minimum absolute atomic E-state index is 0.0696. The summed E-state index contributed by atoms with van der Waals surface area (Å²) in [5, 5.41) is 17.5. The standard InChI is InChI=1S/C10H6Cl2N4O2S2/c11-5-1-2-7(6(12)3-5)14-9(19)15-10-13-4-8(20-10)16(17)18/h1-4H,(H2,13,14,15,19). The average Bonchev–Trinajstić information content (AvgIpc) is 2.81. The predicted octanol–water partition coefficient (Wildman–Crippen LogP) is 4.17. The van der Waals surface area contributed by atoms with Crippen molar-refractivity contribution >= 4 is 67.7 Å². The van der Waals surface area contributed by atoms with Crippen LogP contribution in [0.4, 0.5) is 15.8 Å². The Bertz CT molecular complexity index is 677. The topological polar surface area (TPSA) is 80.1 Å². The summed E-state index contributed by atoms with van der Waals surface area (Å²) in [6, 6.07) is 4.90. The molecule has 2 N–H and O–H groups in total. The molecule has 0 spiro atoms. The SMILES string of the molecule is O=[N+]([O-])c1cnc(NC(=S)Nc2ccc(Cl)cc2Cl)s1. The number of halogens is 2. The molecule has 0 atom stereocenters. The lowest BCUT2D eigenvalue weighted by molar-refractivity contribution is -0.380. The summed E-state index contributed by atoms with van der Waals surface area (Å²) < 4.78 is 0.